The lowest BCUT2D eigenvalue weighted by molar-refractivity contribution is 0.669. The van der Waals surface area contributed by atoms with Crippen LogP contribution in [0, 0.1) is 0 Å². The average Bonchev–Trinajstić information content (AvgIpc) is 3.73. The molecule has 1 aliphatic carbocycles. The second kappa shape index (κ2) is 11.2. The van der Waals surface area contributed by atoms with Crippen LogP contribution in [0.1, 0.15) is 22.3 Å². The third-order valence-electron chi connectivity index (χ3n) is 11.3. The lowest BCUT2D eigenvalue weighted by atomic mass is 9.66. The number of furan rings is 1. The Labute approximate surface area is 302 Å². The van der Waals surface area contributed by atoms with E-state index in [2.05, 4.69) is 194 Å². The molecular formula is C51H32O. The fourth-order valence-corrected chi connectivity index (χ4v) is 9.03. The molecule has 10 aromatic rings. The van der Waals surface area contributed by atoms with E-state index in [-0.39, 0.29) is 0 Å². The van der Waals surface area contributed by atoms with Crippen molar-refractivity contribution < 1.29 is 4.42 Å². The van der Waals surface area contributed by atoms with Crippen molar-refractivity contribution in [2.24, 2.45) is 0 Å². The second-order valence-corrected chi connectivity index (χ2v) is 14.0. The van der Waals surface area contributed by atoms with Crippen molar-refractivity contribution in [3.63, 3.8) is 0 Å². The molecule has 0 atom stereocenters. The Morgan fingerprint density at radius 3 is 1.67 bits per heavy atom. The van der Waals surface area contributed by atoms with Crippen LogP contribution >= 0.6 is 0 Å². The van der Waals surface area contributed by atoms with E-state index >= 15 is 0 Å². The third-order valence-corrected chi connectivity index (χ3v) is 11.3. The van der Waals surface area contributed by atoms with Gasteiger partial charge in [0.15, 0.2) is 0 Å². The molecule has 1 heterocycles. The first kappa shape index (κ1) is 29.1. The second-order valence-electron chi connectivity index (χ2n) is 14.0. The zero-order valence-corrected chi connectivity index (χ0v) is 28.4. The van der Waals surface area contributed by atoms with Crippen LogP contribution < -0.4 is 0 Å². The fourth-order valence-electron chi connectivity index (χ4n) is 9.03. The maximum Gasteiger partial charge on any atom is 0.136 e. The quantitative estimate of drug-likeness (QED) is 0.183. The number of fused-ring (bicyclic) bond motifs is 9. The van der Waals surface area contributed by atoms with Gasteiger partial charge >= 0.3 is 0 Å². The van der Waals surface area contributed by atoms with Gasteiger partial charge in [-0.05, 0) is 114 Å². The summed E-state index contributed by atoms with van der Waals surface area (Å²) in [6.07, 6.45) is 0. The first-order chi connectivity index (χ1) is 25.8. The van der Waals surface area contributed by atoms with Crippen molar-refractivity contribution in [3.8, 4) is 33.4 Å². The average molecular weight is 661 g/mol. The molecule has 0 saturated carbocycles. The van der Waals surface area contributed by atoms with Gasteiger partial charge in [-0.25, -0.2) is 0 Å². The highest BCUT2D eigenvalue weighted by Crippen LogP contribution is 2.61. The van der Waals surface area contributed by atoms with Gasteiger partial charge in [-0.2, -0.15) is 0 Å². The fraction of sp³-hybridized carbons (Fsp3) is 0.0196. The monoisotopic (exact) mass is 660 g/mol. The maximum atomic E-state index is 6.64. The van der Waals surface area contributed by atoms with Gasteiger partial charge in [0.1, 0.15) is 11.2 Å². The molecule has 0 fully saturated rings. The van der Waals surface area contributed by atoms with Crippen LogP contribution in [0.5, 0.6) is 0 Å². The van der Waals surface area contributed by atoms with Gasteiger partial charge < -0.3 is 4.42 Å². The minimum atomic E-state index is -0.558. The van der Waals surface area contributed by atoms with Gasteiger partial charge in [0, 0.05) is 10.8 Å². The van der Waals surface area contributed by atoms with Crippen LogP contribution in [0.4, 0.5) is 0 Å². The molecule has 0 saturated heterocycles. The molecular weight excluding hydrogens is 629 g/mol. The van der Waals surface area contributed by atoms with Crippen LogP contribution in [-0.4, -0.2) is 0 Å². The molecule has 1 aromatic heterocycles. The predicted octanol–water partition coefficient (Wildman–Crippen LogP) is 13.6. The first-order valence-electron chi connectivity index (χ1n) is 18.0. The van der Waals surface area contributed by atoms with Crippen LogP contribution in [0.2, 0.25) is 0 Å². The molecule has 0 N–H and O–H groups in total. The van der Waals surface area contributed by atoms with Gasteiger partial charge in [-0.1, -0.05) is 158 Å². The first-order valence-corrected chi connectivity index (χ1v) is 18.0. The minimum Gasteiger partial charge on any atom is -0.456 e. The van der Waals surface area contributed by atoms with Gasteiger partial charge in [-0.15, -0.1) is 0 Å². The SMILES string of the molecule is c1ccc(-c2ccc3c(c2)C(c2ccccc2)(c2ccccc2)c2c-3c(-c3ccc4c(c3)oc3cc5ccccc5cc34)cc3ccccc23)cc1. The molecule has 1 nitrogen and oxygen atoms in total. The summed E-state index contributed by atoms with van der Waals surface area (Å²) in [5, 5.41) is 7.18. The summed E-state index contributed by atoms with van der Waals surface area (Å²) >= 11 is 0. The summed E-state index contributed by atoms with van der Waals surface area (Å²) in [6, 6.07) is 71.2. The summed E-state index contributed by atoms with van der Waals surface area (Å²) in [7, 11) is 0. The Morgan fingerprint density at radius 2 is 0.942 bits per heavy atom. The van der Waals surface area contributed by atoms with E-state index in [1.54, 1.807) is 0 Å². The summed E-state index contributed by atoms with van der Waals surface area (Å²) < 4.78 is 6.64. The van der Waals surface area contributed by atoms with Crippen LogP contribution in [0.3, 0.4) is 0 Å². The van der Waals surface area contributed by atoms with Crippen LogP contribution in [-0.2, 0) is 5.41 Å². The Kier molecular flexibility index (Phi) is 6.23. The Hall–Kier alpha value is -6.70. The lowest BCUT2D eigenvalue weighted by Crippen LogP contribution is -2.29. The van der Waals surface area contributed by atoms with Crippen molar-refractivity contribution in [1.29, 1.82) is 0 Å². The molecule has 1 aliphatic rings. The standard InChI is InChI=1S/C51H32O/c1-4-14-33(15-5-1)36-24-27-43-46(30-36)51(39-19-6-2-7-20-39,40-21-8-3-9-22-40)50-41-23-13-12-18-37(41)29-44(49(43)50)38-25-26-42-45-28-34-16-10-11-17-35(34)31-48(45)52-47(42)32-38/h1-32H. The number of benzene rings is 9. The molecule has 0 amide bonds. The smallest absolute Gasteiger partial charge is 0.136 e. The normalized spacial score (nSPS) is 13.2. The molecule has 0 unspecified atom stereocenters. The van der Waals surface area contributed by atoms with E-state index in [1.165, 1.54) is 71.6 Å². The Bertz CT molecular complexity index is 2950. The van der Waals surface area contributed by atoms with Crippen LogP contribution in [0.15, 0.2) is 199 Å². The maximum absolute atomic E-state index is 6.64. The highest BCUT2D eigenvalue weighted by Gasteiger charge is 2.48. The molecule has 0 aliphatic heterocycles. The van der Waals surface area contributed by atoms with E-state index in [4.69, 9.17) is 4.42 Å². The molecule has 0 radical (unpaired) electrons. The Morgan fingerprint density at radius 1 is 0.346 bits per heavy atom. The van der Waals surface area contributed by atoms with Crippen molar-refractivity contribution >= 4 is 43.5 Å². The van der Waals surface area contributed by atoms with E-state index in [0.29, 0.717) is 0 Å². The summed E-state index contributed by atoms with van der Waals surface area (Å²) in [5.41, 5.74) is 13.7. The van der Waals surface area contributed by atoms with Crippen molar-refractivity contribution in [1.82, 2.24) is 0 Å². The van der Waals surface area contributed by atoms with E-state index < -0.39 is 5.41 Å². The number of rotatable bonds is 4. The van der Waals surface area contributed by atoms with Gasteiger partial charge in [-0.3, -0.25) is 0 Å². The van der Waals surface area contributed by atoms with E-state index in [0.717, 1.165) is 27.5 Å². The van der Waals surface area contributed by atoms with E-state index in [1.807, 2.05) is 0 Å². The highest BCUT2D eigenvalue weighted by atomic mass is 16.3. The van der Waals surface area contributed by atoms with Crippen molar-refractivity contribution in [2.75, 3.05) is 0 Å². The molecule has 242 valence electrons. The number of hydrogen-bond acceptors (Lipinski definition) is 1. The molecule has 0 bridgehead atoms. The van der Waals surface area contributed by atoms with Gasteiger partial charge in [0.05, 0.1) is 5.41 Å². The predicted molar refractivity (Wildman–Crippen MR) is 217 cm³/mol. The molecule has 52 heavy (non-hydrogen) atoms. The number of hydrogen-bond donors (Lipinski definition) is 0. The van der Waals surface area contributed by atoms with Crippen molar-refractivity contribution in [3.05, 3.63) is 216 Å². The molecule has 0 spiro atoms. The highest BCUT2D eigenvalue weighted by molar-refractivity contribution is 6.12. The summed E-state index contributed by atoms with van der Waals surface area (Å²) in [5.74, 6) is 0. The zero-order valence-electron chi connectivity index (χ0n) is 28.4. The van der Waals surface area contributed by atoms with Gasteiger partial charge in [0.2, 0.25) is 0 Å². The van der Waals surface area contributed by atoms with Gasteiger partial charge in [0.25, 0.3) is 0 Å². The third kappa shape index (κ3) is 4.11. The minimum absolute atomic E-state index is 0.558. The summed E-state index contributed by atoms with van der Waals surface area (Å²) in [6.45, 7) is 0. The van der Waals surface area contributed by atoms with E-state index in [9.17, 15) is 0 Å². The zero-order chi connectivity index (χ0) is 34.2. The molecule has 11 rings (SSSR count). The largest absolute Gasteiger partial charge is 0.456 e. The summed E-state index contributed by atoms with van der Waals surface area (Å²) in [4.78, 5) is 0. The molecule has 9 aromatic carbocycles. The Balaban J connectivity index is 1.27. The lowest BCUT2D eigenvalue weighted by Gasteiger charge is -2.35. The van der Waals surface area contributed by atoms with Crippen LogP contribution in [0.25, 0.3) is 76.9 Å². The topological polar surface area (TPSA) is 13.1 Å². The molecule has 1 heteroatoms. The van der Waals surface area contributed by atoms with Crippen molar-refractivity contribution in [2.45, 2.75) is 5.41 Å².